The maximum Gasteiger partial charge on any atom is 0.280 e. The van der Waals surface area contributed by atoms with Gasteiger partial charge in [-0.15, -0.1) is 0 Å². The van der Waals surface area contributed by atoms with Gasteiger partial charge < -0.3 is 14.8 Å². The van der Waals surface area contributed by atoms with Crippen LogP contribution in [0.15, 0.2) is 53.5 Å². The van der Waals surface area contributed by atoms with Crippen molar-refractivity contribution in [2.45, 2.75) is 51.7 Å². The number of amides is 2. The third-order valence-corrected chi connectivity index (χ3v) is 6.94. The molecule has 0 atom stereocenters. The molecule has 4 aromatic rings. The average molecular weight is 501 g/mol. The normalized spacial score (nSPS) is 15.0. The molecule has 2 aliphatic rings. The number of benzene rings is 1. The van der Waals surface area contributed by atoms with Crippen LogP contribution >= 0.6 is 0 Å². The van der Waals surface area contributed by atoms with Crippen molar-refractivity contribution in [3.63, 3.8) is 0 Å². The van der Waals surface area contributed by atoms with Gasteiger partial charge in [-0.2, -0.15) is 9.61 Å². The number of carbonyl (C=O) groups is 2. The molecule has 37 heavy (non-hydrogen) atoms. The van der Waals surface area contributed by atoms with Crippen molar-refractivity contribution in [2.75, 3.05) is 5.32 Å². The van der Waals surface area contributed by atoms with Crippen molar-refractivity contribution in [2.24, 2.45) is 0 Å². The summed E-state index contributed by atoms with van der Waals surface area (Å²) in [7, 11) is 0. The van der Waals surface area contributed by atoms with Crippen molar-refractivity contribution in [1.29, 1.82) is 0 Å². The summed E-state index contributed by atoms with van der Waals surface area (Å²) in [6, 6.07) is 12.3. The molecular formula is C27H25FN6O3. The number of halogens is 1. The molecule has 1 aliphatic heterocycles. The number of nitrogens with one attached hydrogen (secondary N) is 1. The number of rotatable bonds is 6. The molecule has 1 saturated carbocycles. The van der Waals surface area contributed by atoms with Crippen molar-refractivity contribution in [1.82, 2.24) is 24.1 Å². The molecule has 2 amide bonds. The minimum absolute atomic E-state index is 0.127. The topological polar surface area (TPSA) is 102 Å². The quantitative estimate of drug-likeness (QED) is 0.436. The zero-order valence-electron chi connectivity index (χ0n) is 20.4. The molecule has 10 heteroatoms. The molecule has 1 fully saturated rings. The van der Waals surface area contributed by atoms with Gasteiger partial charge in [0, 0.05) is 17.7 Å². The average Bonchev–Trinajstić information content (AvgIpc) is 3.53. The van der Waals surface area contributed by atoms with Crippen LogP contribution in [-0.2, 0) is 17.9 Å². The van der Waals surface area contributed by atoms with E-state index in [1.165, 1.54) is 39.6 Å². The van der Waals surface area contributed by atoms with Crippen molar-refractivity contribution in [3.8, 4) is 11.3 Å². The second-order valence-electron chi connectivity index (χ2n) is 9.85. The molecule has 0 bridgehead atoms. The standard InChI is InChI=1S/C27H25FN6O3/c1-15(2)32-13-20-25(27(32)37)33(14-23(35)30-22-10-9-19(28)12-29-22)24-11-21(31-34(24)26(20)36)18-7-5-17(6-8-18)16-3-4-16/h5-12,15-16H,3-4,13-14H2,1-2H3,(H,29,30,35). The summed E-state index contributed by atoms with van der Waals surface area (Å²) >= 11 is 0. The van der Waals surface area contributed by atoms with E-state index >= 15 is 0 Å². The Hall–Kier alpha value is -4.34. The number of pyridine rings is 1. The molecule has 0 spiro atoms. The molecule has 0 saturated heterocycles. The van der Waals surface area contributed by atoms with E-state index in [0.717, 1.165) is 11.8 Å². The third kappa shape index (κ3) is 4.08. The molecule has 0 unspecified atom stereocenters. The number of nitrogens with zero attached hydrogens (tertiary/aromatic N) is 5. The van der Waals surface area contributed by atoms with Gasteiger partial charge in [0.15, 0.2) is 0 Å². The molecule has 0 radical (unpaired) electrons. The molecule has 4 heterocycles. The largest absolute Gasteiger partial charge is 0.330 e. The van der Waals surface area contributed by atoms with E-state index < -0.39 is 11.7 Å². The number of anilines is 1. The highest BCUT2D eigenvalue weighted by Crippen LogP contribution is 2.40. The second kappa shape index (κ2) is 8.65. The van der Waals surface area contributed by atoms with Crippen LogP contribution in [0, 0.1) is 5.82 Å². The van der Waals surface area contributed by atoms with Crippen molar-refractivity contribution < 1.29 is 14.0 Å². The van der Waals surface area contributed by atoms with Crippen molar-refractivity contribution >= 4 is 23.3 Å². The third-order valence-electron chi connectivity index (χ3n) is 6.94. The van der Waals surface area contributed by atoms with Gasteiger partial charge in [-0.3, -0.25) is 14.4 Å². The number of hydrogen-bond acceptors (Lipinski definition) is 5. The number of fused-ring (bicyclic) bond motifs is 2. The van der Waals surface area contributed by atoms with E-state index in [4.69, 9.17) is 0 Å². The first-order valence-electron chi connectivity index (χ1n) is 12.3. The Labute approximate surface area is 211 Å². The maximum absolute atomic E-state index is 13.5. The summed E-state index contributed by atoms with van der Waals surface area (Å²) in [6.45, 7) is 3.64. The number of carbonyl (C=O) groups excluding carboxylic acids is 2. The predicted octanol–water partition coefficient (Wildman–Crippen LogP) is 3.58. The van der Waals surface area contributed by atoms with Crippen LogP contribution in [-0.4, -0.2) is 41.9 Å². The van der Waals surface area contributed by atoms with E-state index in [1.54, 1.807) is 11.0 Å². The van der Waals surface area contributed by atoms with Crippen molar-refractivity contribution in [3.05, 3.63) is 81.7 Å². The molecule has 3 aromatic heterocycles. The van der Waals surface area contributed by atoms with Gasteiger partial charge >= 0.3 is 0 Å². The first-order chi connectivity index (χ1) is 17.8. The van der Waals surface area contributed by atoms with E-state index in [2.05, 4.69) is 27.5 Å². The monoisotopic (exact) mass is 500 g/mol. The van der Waals surface area contributed by atoms with Crippen LogP contribution < -0.4 is 10.9 Å². The summed E-state index contributed by atoms with van der Waals surface area (Å²) in [6.07, 6.45) is 3.41. The summed E-state index contributed by atoms with van der Waals surface area (Å²) in [5, 5.41) is 7.20. The first-order valence-corrected chi connectivity index (χ1v) is 12.3. The zero-order chi connectivity index (χ0) is 25.8. The van der Waals surface area contributed by atoms with Gasteiger partial charge in [-0.25, -0.2) is 9.37 Å². The van der Waals surface area contributed by atoms with E-state index in [1.807, 2.05) is 26.0 Å². The van der Waals surface area contributed by atoms with Crippen LogP contribution in [0.25, 0.3) is 16.9 Å². The van der Waals surface area contributed by atoms with E-state index in [0.29, 0.717) is 22.8 Å². The van der Waals surface area contributed by atoms with E-state index in [-0.39, 0.29) is 42.1 Å². The van der Waals surface area contributed by atoms with Crippen LogP contribution in [0.3, 0.4) is 0 Å². The van der Waals surface area contributed by atoms with Gasteiger partial charge in [0.05, 0.1) is 24.0 Å². The minimum atomic E-state index is -0.519. The Kier molecular flexibility index (Phi) is 5.40. The van der Waals surface area contributed by atoms with Gasteiger partial charge in [-0.1, -0.05) is 24.3 Å². The molecule has 6 rings (SSSR count). The first kappa shape index (κ1) is 23.1. The lowest BCUT2D eigenvalue weighted by molar-refractivity contribution is -0.116. The Balaban J connectivity index is 1.44. The minimum Gasteiger partial charge on any atom is -0.330 e. The Morgan fingerprint density at radius 2 is 1.89 bits per heavy atom. The Bertz CT molecular complexity index is 1600. The van der Waals surface area contributed by atoms with Gasteiger partial charge in [0.2, 0.25) is 5.91 Å². The fraction of sp³-hybridized carbons (Fsp3) is 0.296. The molecule has 188 valence electrons. The van der Waals surface area contributed by atoms with Crippen LogP contribution in [0.2, 0.25) is 0 Å². The number of hydrogen-bond donors (Lipinski definition) is 1. The summed E-state index contributed by atoms with van der Waals surface area (Å²) in [5.41, 5.74) is 3.16. The highest BCUT2D eigenvalue weighted by Gasteiger charge is 2.36. The lowest BCUT2D eigenvalue weighted by Gasteiger charge is -2.20. The van der Waals surface area contributed by atoms with Crippen LogP contribution in [0.1, 0.15) is 54.2 Å². The zero-order valence-corrected chi connectivity index (χ0v) is 20.4. The molecule has 9 nitrogen and oxygen atoms in total. The lowest BCUT2D eigenvalue weighted by Crippen LogP contribution is -2.32. The second-order valence-corrected chi connectivity index (χ2v) is 9.85. The Morgan fingerprint density at radius 3 is 2.54 bits per heavy atom. The SMILES string of the molecule is CC(C)N1Cc2c(n(CC(=O)Nc3ccc(F)cn3)c3cc(-c4ccc(C5CC5)cc4)nn3c2=O)C1=O. The molecular weight excluding hydrogens is 475 g/mol. The molecule has 1 N–H and O–H groups in total. The van der Waals surface area contributed by atoms with E-state index in [9.17, 15) is 18.8 Å². The number of aromatic nitrogens is 4. The lowest BCUT2D eigenvalue weighted by atomic mass is 10.1. The fourth-order valence-electron chi connectivity index (χ4n) is 4.82. The van der Waals surface area contributed by atoms with Crippen LogP contribution in [0.5, 0.6) is 0 Å². The Morgan fingerprint density at radius 1 is 1.14 bits per heavy atom. The molecule has 1 aromatic carbocycles. The van der Waals surface area contributed by atoms with Gasteiger partial charge in [0.1, 0.15) is 29.5 Å². The smallest absolute Gasteiger partial charge is 0.280 e. The van der Waals surface area contributed by atoms with Gasteiger partial charge in [-0.05, 0) is 50.3 Å². The van der Waals surface area contributed by atoms with Crippen LogP contribution in [0.4, 0.5) is 10.2 Å². The highest BCUT2D eigenvalue weighted by molar-refractivity contribution is 5.98. The molecule has 1 aliphatic carbocycles. The fourth-order valence-corrected chi connectivity index (χ4v) is 4.82. The predicted molar refractivity (Wildman–Crippen MR) is 135 cm³/mol. The highest BCUT2D eigenvalue weighted by atomic mass is 19.1. The summed E-state index contributed by atoms with van der Waals surface area (Å²) < 4.78 is 16.0. The summed E-state index contributed by atoms with van der Waals surface area (Å²) in [4.78, 5) is 45.3. The summed E-state index contributed by atoms with van der Waals surface area (Å²) in [5.74, 6) is -0.500. The van der Waals surface area contributed by atoms with Gasteiger partial charge in [0.25, 0.3) is 11.5 Å². The maximum atomic E-state index is 13.5.